The number of aryl methyl sites for hydroxylation is 2. The van der Waals surface area contributed by atoms with Crippen LogP contribution >= 0.6 is 0 Å². The Morgan fingerprint density at radius 3 is 2.84 bits per heavy atom. The van der Waals surface area contributed by atoms with Gasteiger partial charge in [0, 0.05) is 24.7 Å². The maximum atomic E-state index is 13.6. The number of benzene rings is 1. The van der Waals surface area contributed by atoms with Gasteiger partial charge in [0.25, 0.3) is 0 Å². The Hall–Kier alpha value is -2.70. The van der Waals surface area contributed by atoms with Gasteiger partial charge in [-0.25, -0.2) is 4.39 Å². The van der Waals surface area contributed by atoms with Crippen LogP contribution in [0.4, 0.5) is 15.9 Å². The van der Waals surface area contributed by atoms with Crippen molar-refractivity contribution in [3.8, 4) is 0 Å². The summed E-state index contributed by atoms with van der Waals surface area (Å²) in [6.45, 7) is 4.02. The molecule has 0 bridgehead atoms. The van der Waals surface area contributed by atoms with Crippen LogP contribution in [0.2, 0.25) is 0 Å². The lowest BCUT2D eigenvalue weighted by atomic mass is 9.89. The highest BCUT2D eigenvalue weighted by molar-refractivity contribution is 6.05. The van der Waals surface area contributed by atoms with Gasteiger partial charge in [-0.1, -0.05) is 13.8 Å². The molecule has 1 aliphatic rings. The number of rotatable bonds is 4. The van der Waals surface area contributed by atoms with E-state index in [1.165, 1.54) is 18.2 Å². The Morgan fingerprint density at radius 2 is 2.16 bits per heavy atom. The molecule has 132 valence electrons. The minimum Gasteiger partial charge on any atom is -0.326 e. The van der Waals surface area contributed by atoms with Crippen LogP contribution in [0.25, 0.3) is 0 Å². The second kappa shape index (κ2) is 6.66. The third kappa shape index (κ3) is 3.14. The van der Waals surface area contributed by atoms with Crippen molar-refractivity contribution in [3.63, 3.8) is 0 Å². The highest BCUT2D eigenvalue weighted by atomic mass is 19.1. The summed E-state index contributed by atoms with van der Waals surface area (Å²) in [5.74, 6) is -1.12. The SMILES string of the molecule is CCc1nn(C)c(NC(=O)C2CC(=O)Nc3ccc(F)cc32)c1CC. The van der Waals surface area contributed by atoms with Crippen LogP contribution in [0.1, 0.15) is 43.0 Å². The average molecular weight is 344 g/mol. The zero-order valence-corrected chi connectivity index (χ0v) is 14.5. The number of hydrogen-bond donors (Lipinski definition) is 2. The molecule has 0 fully saturated rings. The normalized spacial score (nSPS) is 16.3. The van der Waals surface area contributed by atoms with E-state index in [-0.39, 0.29) is 18.2 Å². The largest absolute Gasteiger partial charge is 0.326 e. The van der Waals surface area contributed by atoms with Crippen LogP contribution in [0.5, 0.6) is 0 Å². The van der Waals surface area contributed by atoms with Gasteiger partial charge in [-0.05, 0) is 36.6 Å². The van der Waals surface area contributed by atoms with Crippen LogP contribution in [-0.4, -0.2) is 21.6 Å². The van der Waals surface area contributed by atoms with Crippen molar-refractivity contribution < 1.29 is 14.0 Å². The van der Waals surface area contributed by atoms with Crippen molar-refractivity contribution >= 4 is 23.3 Å². The fraction of sp³-hybridized carbons (Fsp3) is 0.389. The maximum absolute atomic E-state index is 13.6. The molecule has 0 spiro atoms. The first-order valence-electron chi connectivity index (χ1n) is 8.39. The first-order chi connectivity index (χ1) is 11.9. The summed E-state index contributed by atoms with van der Waals surface area (Å²) in [7, 11) is 1.77. The predicted octanol–water partition coefficient (Wildman–Crippen LogP) is 2.75. The van der Waals surface area contributed by atoms with E-state index < -0.39 is 11.7 Å². The Morgan fingerprint density at radius 1 is 1.40 bits per heavy atom. The predicted molar refractivity (Wildman–Crippen MR) is 93.0 cm³/mol. The fourth-order valence-electron chi connectivity index (χ4n) is 3.31. The highest BCUT2D eigenvalue weighted by Gasteiger charge is 2.32. The number of carbonyl (C=O) groups excluding carboxylic acids is 2. The lowest BCUT2D eigenvalue weighted by Gasteiger charge is -2.25. The molecule has 0 saturated carbocycles. The molecular weight excluding hydrogens is 323 g/mol. The van der Waals surface area contributed by atoms with E-state index in [1.54, 1.807) is 11.7 Å². The van der Waals surface area contributed by atoms with E-state index in [9.17, 15) is 14.0 Å². The summed E-state index contributed by atoms with van der Waals surface area (Å²) in [6, 6.07) is 4.06. The number of amides is 2. The van der Waals surface area contributed by atoms with Crippen molar-refractivity contribution in [3.05, 3.63) is 40.8 Å². The fourth-order valence-corrected chi connectivity index (χ4v) is 3.31. The minimum atomic E-state index is -0.732. The quantitative estimate of drug-likeness (QED) is 0.895. The Kier molecular flexibility index (Phi) is 4.57. The number of halogens is 1. The van der Waals surface area contributed by atoms with E-state index >= 15 is 0 Å². The Labute approximate surface area is 145 Å². The summed E-state index contributed by atoms with van der Waals surface area (Å²) in [5.41, 5.74) is 2.90. The molecule has 6 nitrogen and oxygen atoms in total. The number of aromatic nitrogens is 2. The summed E-state index contributed by atoms with van der Waals surface area (Å²) in [5, 5.41) is 10.0. The van der Waals surface area contributed by atoms with E-state index in [0.717, 1.165) is 24.1 Å². The van der Waals surface area contributed by atoms with Crippen molar-refractivity contribution in [2.45, 2.75) is 39.0 Å². The molecule has 1 aliphatic heterocycles. The number of carbonyl (C=O) groups is 2. The summed E-state index contributed by atoms with van der Waals surface area (Å²) < 4.78 is 15.3. The Balaban J connectivity index is 1.94. The van der Waals surface area contributed by atoms with Gasteiger partial charge in [-0.2, -0.15) is 5.10 Å². The van der Waals surface area contributed by atoms with Crippen molar-refractivity contribution in [2.75, 3.05) is 10.6 Å². The highest BCUT2D eigenvalue weighted by Crippen LogP contribution is 2.34. The van der Waals surface area contributed by atoms with Gasteiger partial charge in [0.1, 0.15) is 11.6 Å². The third-order valence-electron chi connectivity index (χ3n) is 4.53. The van der Waals surface area contributed by atoms with E-state index in [4.69, 9.17) is 0 Å². The molecule has 25 heavy (non-hydrogen) atoms. The Bertz CT molecular complexity index is 844. The van der Waals surface area contributed by atoms with Gasteiger partial charge in [0.05, 0.1) is 11.6 Å². The third-order valence-corrected chi connectivity index (χ3v) is 4.53. The first-order valence-corrected chi connectivity index (χ1v) is 8.39. The van der Waals surface area contributed by atoms with Crippen LogP contribution < -0.4 is 10.6 Å². The molecule has 2 heterocycles. The van der Waals surface area contributed by atoms with Gasteiger partial charge in [0.2, 0.25) is 11.8 Å². The number of nitrogens with one attached hydrogen (secondary N) is 2. The van der Waals surface area contributed by atoms with Crippen LogP contribution in [0.3, 0.4) is 0 Å². The van der Waals surface area contributed by atoms with E-state index in [1.807, 2.05) is 13.8 Å². The van der Waals surface area contributed by atoms with E-state index in [0.29, 0.717) is 17.1 Å². The summed E-state index contributed by atoms with van der Waals surface area (Å²) >= 11 is 0. The number of anilines is 2. The molecule has 1 atom stereocenters. The topological polar surface area (TPSA) is 76.0 Å². The van der Waals surface area contributed by atoms with Gasteiger partial charge in [0.15, 0.2) is 0 Å². The van der Waals surface area contributed by atoms with Crippen LogP contribution in [0, 0.1) is 5.82 Å². The second-order valence-corrected chi connectivity index (χ2v) is 6.13. The molecule has 2 N–H and O–H groups in total. The molecular formula is C18H21FN4O2. The molecule has 1 aromatic heterocycles. The maximum Gasteiger partial charge on any atom is 0.233 e. The molecule has 2 amide bonds. The monoisotopic (exact) mass is 344 g/mol. The zero-order chi connectivity index (χ0) is 18.1. The van der Waals surface area contributed by atoms with Gasteiger partial charge >= 0.3 is 0 Å². The lowest BCUT2D eigenvalue weighted by molar-refractivity contribution is -0.123. The lowest BCUT2D eigenvalue weighted by Crippen LogP contribution is -2.31. The number of fused-ring (bicyclic) bond motifs is 1. The van der Waals surface area contributed by atoms with Crippen molar-refractivity contribution in [1.29, 1.82) is 0 Å². The van der Waals surface area contributed by atoms with Crippen LogP contribution in [0.15, 0.2) is 18.2 Å². The molecule has 0 aliphatic carbocycles. The van der Waals surface area contributed by atoms with Crippen molar-refractivity contribution in [2.24, 2.45) is 7.05 Å². The molecule has 2 aromatic rings. The van der Waals surface area contributed by atoms with E-state index in [2.05, 4.69) is 15.7 Å². The number of nitrogens with zero attached hydrogens (tertiary/aromatic N) is 2. The van der Waals surface area contributed by atoms with Crippen molar-refractivity contribution in [1.82, 2.24) is 9.78 Å². The minimum absolute atomic E-state index is 0.0117. The zero-order valence-electron chi connectivity index (χ0n) is 14.5. The van der Waals surface area contributed by atoms with Gasteiger partial charge < -0.3 is 10.6 Å². The molecule has 0 saturated heterocycles. The van der Waals surface area contributed by atoms with Crippen LogP contribution in [-0.2, 0) is 29.5 Å². The van der Waals surface area contributed by atoms with Gasteiger partial charge in [-0.15, -0.1) is 0 Å². The molecule has 7 heteroatoms. The molecule has 3 rings (SSSR count). The average Bonchev–Trinajstić information content (AvgIpc) is 2.89. The smallest absolute Gasteiger partial charge is 0.233 e. The number of hydrogen-bond acceptors (Lipinski definition) is 3. The summed E-state index contributed by atoms with van der Waals surface area (Å²) in [4.78, 5) is 24.8. The molecule has 1 aromatic carbocycles. The van der Waals surface area contributed by atoms with Gasteiger partial charge in [-0.3, -0.25) is 14.3 Å². The first kappa shape index (κ1) is 17.1. The molecule has 0 radical (unpaired) electrons. The molecule has 1 unspecified atom stereocenters. The summed E-state index contributed by atoms with van der Waals surface area (Å²) in [6.07, 6.45) is 1.50. The standard InChI is InChI=1S/C18H21FN4O2/c1-4-11-14(5-2)22-23(3)17(11)21-18(25)13-9-16(24)20-15-7-6-10(19)8-12(13)15/h6-8,13H,4-5,9H2,1-3H3,(H,20,24)(H,21,25). The second-order valence-electron chi connectivity index (χ2n) is 6.13.